The maximum Gasteiger partial charge on any atom is 0.282 e. The zero-order chi connectivity index (χ0) is 7.82. The molecule has 0 rings (SSSR count). The summed E-state index contributed by atoms with van der Waals surface area (Å²) < 4.78 is 2.96. The summed E-state index contributed by atoms with van der Waals surface area (Å²) in [5, 5.41) is 0. The van der Waals surface area contributed by atoms with Crippen LogP contribution in [0.3, 0.4) is 0 Å². The second kappa shape index (κ2) is 7.09. The van der Waals surface area contributed by atoms with Crippen LogP contribution in [0.2, 0.25) is 0 Å². The highest BCUT2D eigenvalue weighted by atomic mass is 32.2. The Balaban J connectivity index is 3.07. The first-order chi connectivity index (χ1) is 4.81. The van der Waals surface area contributed by atoms with Gasteiger partial charge in [0.15, 0.2) is 0 Å². The van der Waals surface area contributed by atoms with Crippen molar-refractivity contribution in [2.75, 3.05) is 0 Å². The number of nitrogens with one attached hydrogen (secondary N) is 1. The third-order valence-corrected chi connectivity index (χ3v) is 1.90. The summed E-state index contributed by atoms with van der Waals surface area (Å²) in [4.78, 5) is 9.76. The Morgan fingerprint density at radius 1 is 1.70 bits per heavy atom. The first kappa shape index (κ1) is 9.98. The van der Waals surface area contributed by atoms with E-state index in [9.17, 15) is 4.79 Å². The van der Waals surface area contributed by atoms with Gasteiger partial charge >= 0.3 is 0 Å². The number of rotatable bonds is 6. The topological polar surface area (TPSA) is 29.1 Å². The third-order valence-electron chi connectivity index (χ3n) is 1.29. The van der Waals surface area contributed by atoms with Crippen LogP contribution < -0.4 is 4.72 Å². The molecule has 0 bridgehead atoms. The second-order valence-electron chi connectivity index (χ2n) is 2.35. The Morgan fingerprint density at radius 3 is 2.90 bits per heavy atom. The second-order valence-corrected chi connectivity index (χ2v) is 2.95. The minimum absolute atomic E-state index is 0.423. The molecular formula is C7H14NOS. The number of hydrogen-bond donors (Lipinski definition) is 1. The molecular weight excluding hydrogens is 146 g/mol. The molecule has 1 radical (unpaired) electrons. The van der Waals surface area contributed by atoms with Crippen LogP contribution in [0, 0.1) is 0 Å². The average molecular weight is 160 g/mol. The van der Waals surface area contributed by atoms with Crippen LogP contribution in [0.5, 0.6) is 0 Å². The molecule has 0 aromatic rings. The normalized spacial score (nSPS) is 13.0. The maximum atomic E-state index is 9.76. The minimum atomic E-state index is 0.423. The van der Waals surface area contributed by atoms with Crippen molar-refractivity contribution in [3.8, 4) is 0 Å². The summed E-state index contributed by atoms with van der Waals surface area (Å²) in [5.41, 5.74) is 1.73. The van der Waals surface area contributed by atoms with Crippen molar-refractivity contribution < 1.29 is 4.79 Å². The van der Waals surface area contributed by atoms with E-state index in [2.05, 4.69) is 18.6 Å². The van der Waals surface area contributed by atoms with Gasteiger partial charge in [-0.2, -0.15) is 0 Å². The van der Waals surface area contributed by atoms with Gasteiger partial charge in [0.1, 0.15) is 0 Å². The fourth-order valence-electron chi connectivity index (χ4n) is 0.694. The molecule has 3 heteroatoms. The monoisotopic (exact) mass is 160 g/mol. The van der Waals surface area contributed by atoms with Crippen LogP contribution in [-0.4, -0.2) is 11.7 Å². The number of hydrogen-bond acceptors (Lipinski definition) is 3. The molecule has 0 aromatic heterocycles. The van der Waals surface area contributed by atoms with Gasteiger partial charge in [-0.1, -0.05) is 19.8 Å². The van der Waals surface area contributed by atoms with Gasteiger partial charge in [-0.05, 0) is 13.3 Å². The Hall–Kier alpha value is -0.0200. The molecule has 10 heavy (non-hydrogen) atoms. The van der Waals surface area contributed by atoms with E-state index in [0.29, 0.717) is 6.04 Å². The molecule has 0 fully saturated rings. The zero-order valence-electron chi connectivity index (χ0n) is 6.52. The van der Waals surface area contributed by atoms with Gasteiger partial charge in [-0.3, -0.25) is 9.52 Å². The van der Waals surface area contributed by atoms with E-state index in [1.54, 1.807) is 5.62 Å². The van der Waals surface area contributed by atoms with E-state index >= 15 is 0 Å². The highest BCUT2D eigenvalue weighted by molar-refractivity contribution is 8.10. The lowest BCUT2D eigenvalue weighted by atomic mass is 10.2. The largest absolute Gasteiger partial charge is 0.282 e. The number of unbranched alkanes of at least 4 members (excludes halogenated alkanes) is 1. The molecule has 0 amide bonds. The van der Waals surface area contributed by atoms with Crippen molar-refractivity contribution in [1.29, 1.82) is 0 Å². The molecule has 0 aliphatic carbocycles. The van der Waals surface area contributed by atoms with E-state index < -0.39 is 0 Å². The minimum Gasteiger partial charge on any atom is -0.276 e. The van der Waals surface area contributed by atoms with Crippen LogP contribution in [0.25, 0.3) is 0 Å². The molecule has 0 aliphatic rings. The Bertz CT molecular complexity index is 87.7. The molecule has 1 atom stereocenters. The fourth-order valence-corrected chi connectivity index (χ4v) is 1.06. The van der Waals surface area contributed by atoms with Gasteiger partial charge in [0.25, 0.3) is 5.62 Å². The molecule has 0 spiro atoms. The fraction of sp³-hybridized carbons (Fsp3) is 0.857. The average Bonchev–Trinajstić information content (AvgIpc) is 1.97. The third kappa shape index (κ3) is 6.11. The molecule has 0 saturated heterocycles. The molecule has 59 valence electrons. The molecule has 0 aliphatic heterocycles. The lowest BCUT2D eigenvalue weighted by Gasteiger charge is -2.08. The summed E-state index contributed by atoms with van der Waals surface area (Å²) in [6.45, 7) is 4.23. The highest BCUT2D eigenvalue weighted by Crippen LogP contribution is 2.01. The van der Waals surface area contributed by atoms with Crippen LogP contribution in [0.1, 0.15) is 33.1 Å². The SMILES string of the molecule is CCCCC(C)NS[C]=O. The van der Waals surface area contributed by atoms with Gasteiger partial charge in [-0.15, -0.1) is 0 Å². The first-order valence-electron chi connectivity index (χ1n) is 3.59. The standard InChI is InChI=1S/C7H14NOS/c1-3-4-5-7(2)8-10-6-9/h7-8H,3-5H2,1-2H3. The molecule has 1 N–H and O–H groups in total. The predicted molar refractivity (Wildman–Crippen MR) is 45.4 cm³/mol. The van der Waals surface area contributed by atoms with Crippen molar-refractivity contribution in [2.45, 2.75) is 39.2 Å². The summed E-state index contributed by atoms with van der Waals surface area (Å²) in [6.07, 6.45) is 3.56. The Morgan fingerprint density at radius 2 is 2.40 bits per heavy atom. The Labute approximate surface area is 66.9 Å². The molecule has 0 saturated carbocycles. The van der Waals surface area contributed by atoms with E-state index in [0.717, 1.165) is 18.4 Å². The summed E-state index contributed by atoms with van der Waals surface area (Å²) >= 11 is 1.01. The molecule has 0 aromatic carbocycles. The zero-order valence-corrected chi connectivity index (χ0v) is 7.33. The smallest absolute Gasteiger partial charge is 0.276 e. The van der Waals surface area contributed by atoms with Crippen molar-refractivity contribution in [1.82, 2.24) is 4.72 Å². The maximum absolute atomic E-state index is 9.76. The number of carbonyl (C=O) groups excluding carboxylic acids is 1. The van der Waals surface area contributed by atoms with Crippen LogP contribution in [-0.2, 0) is 4.79 Å². The summed E-state index contributed by atoms with van der Waals surface area (Å²) in [5.74, 6) is 0. The molecule has 1 unspecified atom stereocenters. The first-order valence-corrected chi connectivity index (χ1v) is 4.41. The lowest BCUT2D eigenvalue weighted by molar-refractivity contribution is 0.566. The van der Waals surface area contributed by atoms with Crippen molar-refractivity contribution in [3.05, 3.63) is 0 Å². The van der Waals surface area contributed by atoms with Gasteiger partial charge < -0.3 is 0 Å². The van der Waals surface area contributed by atoms with E-state index in [1.807, 2.05) is 0 Å². The van der Waals surface area contributed by atoms with Crippen LogP contribution >= 0.6 is 11.9 Å². The van der Waals surface area contributed by atoms with E-state index in [-0.39, 0.29) is 0 Å². The van der Waals surface area contributed by atoms with Crippen LogP contribution in [0.4, 0.5) is 0 Å². The van der Waals surface area contributed by atoms with E-state index in [1.165, 1.54) is 12.8 Å². The molecule has 0 heterocycles. The highest BCUT2D eigenvalue weighted by Gasteiger charge is 1.98. The summed E-state index contributed by atoms with van der Waals surface area (Å²) in [7, 11) is 0. The van der Waals surface area contributed by atoms with Crippen LogP contribution in [0.15, 0.2) is 0 Å². The van der Waals surface area contributed by atoms with E-state index in [4.69, 9.17) is 0 Å². The van der Waals surface area contributed by atoms with Crippen molar-refractivity contribution in [2.24, 2.45) is 0 Å². The van der Waals surface area contributed by atoms with Gasteiger partial charge in [0, 0.05) is 18.0 Å². The lowest BCUT2D eigenvalue weighted by Crippen LogP contribution is -2.18. The van der Waals surface area contributed by atoms with Crippen molar-refractivity contribution in [3.63, 3.8) is 0 Å². The van der Waals surface area contributed by atoms with Gasteiger partial charge in [0.2, 0.25) is 0 Å². The van der Waals surface area contributed by atoms with Crippen molar-refractivity contribution >= 4 is 17.6 Å². The van der Waals surface area contributed by atoms with Gasteiger partial charge in [0.05, 0.1) is 0 Å². The van der Waals surface area contributed by atoms with Gasteiger partial charge in [-0.25, -0.2) is 0 Å². The quantitative estimate of drug-likeness (QED) is 0.601. The predicted octanol–water partition coefficient (Wildman–Crippen LogP) is 1.87. The Kier molecular flexibility index (Phi) is 7.08. The molecule has 2 nitrogen and oxygen atoms in total. The summed E-state index contributed by atoms with van der Waals surface area (Å²) in [6, 6.07) is 0.423.